The summed E-state index contributed by atoms with van der Waals surface area (Å²) in [6.45, 7) is 0. The summed E-state index contributed by atoms with van der Waals surface area (Å²) in [4.78, 5) is 0. The smallest absolute Gasteiger partial charge is 0.377 e. The van der Waals surface area contributed by atoms with E-state index in [0.29, 0.717) is 0 Å². The molecule has 0 unspecified atom stereocenters. The summed E-state index contributed by atoms with van der Waals surface area (Å²) >= 11 is 0. The van der Waals surface area contributed by atoms with E-state index < -0.39 is 8.80 Å². The lowest BCUT2D eigenvalue weighted by Crippen LogP contribution is -2.42. The first-order valence-electron chi connectivity index (χ1n) is 7.42. The zero-order valence-electron chi connectivity index (χ0n) is 12.4. The van der Waals surface area contributed by atoms with Crippen molar-refractivity contribution >= 4 is 8.80 Å². The van der Waals surface area contributed by atoms with Crippen molar-refractivity contribution in [1.82, 2.24) is 0 Å². The minimum atomic E-state index is -2.31. The molecule has 0 atom stereocenters. The van der Waals surface area contributed by atoms with Crippen LogP contribution in [0, 0.1) is 5.92 Å². The Balaban J connectivity index is 2.06. The van der Waals surface area contributed by atoms with Crippen LogP contribution < -0.4 is 0 Å². The largest absolute Gasteiger partial charge is 0.500 e. The van der Waals surface area contributed by atoms with Crippen LogP contribution in [0.5, 0.6) is 0 Å². The molecule has 0 aromatic carbocycles. The van der Waals surface area contributed by atoms with Gasteiger partial charge in [0.2, 0.25) is 0 Å². The molecule has 0 N–H and O–H groups in total. The number of rotatable bonds is 9. The maximum atomic E-state index is 5.43. The molecule has 0 heterocycles. The molecule has 1 aliphatic carbocycles. The number of hydrogen-bond donors (Lipinski definition) is 0. The van der Waals surface area contributed by atoms with E-state index in [1.807, 2.05) is 0 Å². The Bertz CT molecular complexity index is 193. The number of hydrogen-bond acceptors (Lipinski definition) is 3. The second kappa shape index (κ2) is 9.07. The van der Waals surface area contributed by atoms with Gasteiger partial charge in [0.15, 0.2) is 0 Å². The van der Waals surface area contributed by atoms with Crippen molar-refractivity contribution in [2.75, 3.05) is 21.3 Å². The monoisotopic (exact) mass is 274 g/mol. The summed E-state index contributed by atoms with van der Waals surface area (Å²) in [5.74, 6) is 1.01. The van der Waals surface area contributed by atoms with Crippen LogP contribution in [-0.4, -0.2) is 30.1 Å². The average molecular weight is 274 g/mol. The molecule has 0 aromatic rings. The van der Waals surface area contributed by atoms with Crippen molar-refractivity contribution in [3.8, 4) is 0 Å². The van der Waals surface area contributed by atoms with Gasteiger partial charge in [0, 0.05) is 27.4 Å². The Morgan fingerprint density at radius 3 is 2.00 bits per heavy atom. The minimum absolute atomic E-state index is 0.946. The maximum absolute atomic E-state index is 5.43. The molecule has 108 valence electrons. The van der Waals surface area contributed by atoms with Crippen molar-refractivity contribution < 1.29 is 13.3 Å². The van der Waals surface area contributed by atoms with Crippen LogP contribution in [0.2, 0.25) is 6.04 Å². The SMILES string of the molecule is CO[Si](CCCCCC1CCCCC1)(OC)OC. The van der Waals surface area contributed by atoms with Gasteiger partial charge in [-0.05, 0) is 12.3 Å². The molecule has 0 aliphatic heterocycles. The highest BCUT2D eigenvalue weighted by atomic mass is 28.4. The highest BCUT2D eigenvalue weighted by molar-refractivity contribution is 6.60. The van der Waals surface area contributed by atoms with Gasteiger partial charge >= 0.3 is 8.80 Å². The molecule has 0 bridgehead atoms. The quantitative estimate of drug-likeness (QED) is 0.470. The fourth-order valence-electron chi connectivity index (χ4n) is 2.98. The first kappa shape index (κ1) is 16.2. The van der Waals surface area contributed by atoms with E-state index in [9.17, 15) is 0 Å². The zero-order chi connectivity index (χ0) is 13.3. The van der Waals surface area contributed by atoms with E-state index in [4.69, 9.17) is 13.3 Å². The van der Waals surface area contributed by atoms with Crippen LogP contribution in [0.3, 0.4) is 0 Å². The summed E-state index contributed by atoms with van der Waals surface area (Å²) < 4.78 is 16.3. The third kappa shape index (κ3) is 5.39. The van der Waals surface area contributed by atoms with Crippen molar-refractivity contribution in [1.29, 1.82) is 0 Å². The van der Waals surface area contributed by atoms with Crippen LogP contribution in [0.4, 0.5) is 0 Å². The van der Waals surface area contributed by atoms with E-state index in [1.54, 1.807) is 21.3 Å². The van der Waals surface area contributed by atoms with Gasteiger partial charge in [-0.3, -0.25) is 0 Å². The second-order valence-electron chi connectivity index (χ2n) is 5.40. The summed E-state index contributed by atoms with van der Waals surface area (Å²) in [5, 5.41) is 0. The fraction of sp³-hybridized carbons (Fsp3) is 1.00. The van der Waals surface area contributed by atoms with Crippen LogP contribution in [-0.2, 0) is 13.3 Å². The molecule has 1 fully saturated rings. The predicted molar refractivity (Wildman–Crippen MR) is 76.6 cm³/mol. The Kier molecular flexibility index (Phi) is 8.14. The molecule has 1 rings (SSSR count). The van der Waals surface area contributed by atoms with Crippen molar-refractivity contribution in [3.63, 3.8) is 0 Å². The molecular weight excluding hydrogens is 244 g/mol. The van der Waals surface area contributed by atoms with Gasteiger partial charge in [-0.25, -0.2) is 0 Å². The van der Waals surface area contributed by atoms with Gasteiger partial charge in [-0.15, -0.1) is 0 Å². The van der Waals surface area contributed by atoms with Crippen molar-refractivity contribution in [3.05, 3.63) is 0 Å². The molecule has 1 saturated carbocycles. The number of unbranched alkanes of at least 4 members (excludes halogenated alkanes) is 2. The second-order valence-corrected chi connectivity index (χ2v) is 8.49. The van der Waals surface area contributed by atoms with Gasteiger partial charge in [-0.2, -0.15) is 0 Å². The topological polar surface area (TPSA) is 27.7 Å². The lowest BCUT2D eigenvalue weighted by Gasteiger charge is -2.24. The molecular formula is C14H30O3Si. The summed E-state index contributed by atoms with van der Waals surface area (Å²) in [5.41, 5.74) is 0. The first-order chi connectivity index (χ1) is 8.76. The van der Waals surface area contributed by atoms with E-state index in [-0.39, 0.29) is 0 Å². The van der Waals surface area contributed by atoms with Gasteiger partial charge in [0.25, 0.3) is 0 Å². The fourth-order valence-corrected chi connectivity index (χ4v) is 4.78. The van der Waals surface area contributed by atoms with E-state index >= 15 is 0 Å². The Morgan fingerprint density at radius 1 is 0.833 bits per heavy atom. The Morgan fingerprint density at radius 2 is 1.44 bits per heavy atom. The maximum Gasteiger partial charge on any atom is 0.500 e. The van der Waals surface area contributed by atoms with Crippen LogP contribution in [0.1, 0.15) is 57.8 Å². The Labute approximate surface area is 114 Å². The predicted octanol–water partition coefficient (Wildman–Crippen LogP) is 4.01. The Hall–Kier alpha value is 0.0969. The summed E-state index contributed by atoms with van der Waals surface area (Å²) in [6.07, 6.45) is 12.5. The van der Waals surface area contributed by atoms with Crippen LogP contribution in [0.15, 0.2) is 0 Å². The van der Waals surface area contributed by atoms with Crippen LogP contribution in [0.25, 0.3) is 0 Å². The molecule has 1 aliphatic rings. The standard InChI is InChI=1S/C14H30O3Si/c1-15-18(16-2,17-3)13-9-5-8-12-14-10-6-4-7-11-14/h14H,4-13H2,1-3H3. The average Bonchev–Trinajstić information content (AvgIpc) is 2.45. The third-order valence-electron chi connectivity index (χ3n) is 4.25. The molecule has 0 aromatic heterocycles. The lowest BCUT2D eigenvalue weighted by molar-refractivity contribution is 0.122. The van der Waals surface area contributed by atoms with E-state index in [0.717, 1.165) is 18.4 Å². The van der Waals surface area contributed by atoms with Gasteiger partial charge < -0.3 is 13.3 Å². The zero-order valence-corrected chi connectivity index (χ0v) is 13.4. The van der Waals surface area contributed by atoms with Gasteiger partial charge in [0.05, 0.1) is 0 Å². The summed E-state index contributed by atoms with van der Waals surface area (Å²) in [7, 11) is 2.78. The van der Waals surface area contributed by atoms with Gasteiger partial charge in [0.1, 0.15) is 0 Å². The molecule has 18 heavy (non-hydrogen) atoms. The first-order valence-corrected chi connectivity index (χ1v) is 9.35. The summed E-state index contributed by atoms with van der Waals surface area (Å²) in [6, 6.07) is 0.946. The van der Waals surface area contributed by atoms with Crippen molar-refractivity contribution in [2.24, 2.45) is 5.92 Å². The highest BCUT2D eigenvalue weighted by Crippen LogP contribution is 2.28. The van der Waals surface area contributed by atoms with Crippen molar-refractivity contribution in [2.45, 2.75) is 63.8 Å². The van der Waals surface area contributed by atoms with Crippen LogP contribution >= 0.6 is 0 Å². The van der Waals surface area contributed by atoms with E-state index in [2.05, 4.69) is 0 Å². The molecule has 0 amide bonds. The normalized spacial score (nSPS) is 18.2. The highest BCUT2D eigenvalue weighted by Gasteiger charge is 2.36. The minimum Gasteiger partial charge on any atom is -0.377 e. The molecule has 3 nitrogen and oxygen atoms in total. The lowest BCUT2D eigenvalue weighted by atomic mass is 9.86. The van der Waals surface area contributed by atoms with E-state index in [1.165, 1.54) is 51.4 Å². The molecule has 0 radical (unpaired) electrons. The third-order valence-corrected chi connectivity index (χ3v) is 7.09. The molecule has 0 spiro atoms. The van der Waals surface area contributed by atoms with Gasteiger partial charge in [-0.1, -0.05) is 51.4 Å². The molecule has 4 heteroatoms. The molecule has 0 saturated heterocycles.